The third kappa shape index (κ3) is 11.9. The number of anilines is 1. The van der Waals surface area contributed by atoms with Gasteiger partial charge in [0.05, 0.1) is 17.2 Å². The highest BCUT2D eigenvalue weighted by Crippen LogP contribution is 2.40. The van der Waals surface area contributed by atoms with Crippen molar-refractivity contribution in [1.29, 1.82) is 0 Å². The number of carbonyl (C=O) groups is 1. The summed E-state index contributed by atoms with van der Waals surface area (Å²) in [6.07, 6.45) is 14.8. The van der Waals surface area contributed by atoms with Gasteiger partial charge in [-0.05, 0) is 162 Å². The summed E-state index contributed by atoms with van der Waals surface area (Å²) in [6, 6.07) is 3.98. The molecule has 0 radical (unpaired) electrons. The lowest BCUT2D eigenvalue weighted by Gasteiger charge is -2.18. The molecule has 2 unspecified atom stereocenters. The summed E-state index contributed by atoms with van der Waals surface area (Å²) in [6.45, 7) is 5.14. The van der Waals surface area contributed by atoms with Crippen LogP contribution < -0.4 is 15.2 Å². The van der Waals surface area contributed by atoms with E-state index in [1.165, 1.54) is 57.3 Å². The van der Waals surface area contributed by atoms with Crippen molar-refractivity contribution in [2.24, 2.45) is 22.0 Å². The molecule has 52 heavy (non-hydrogen) atoms. The number of carbonyl (C=O) groups excluding carboxylic acids is 2. The average molecular weight is 759 g/mol. The van der Waals surface area contributed by atoms with E-state index in [1.54, 1.807) is 6.08 Å². The Labute approximate surface area is 311 Å². The first-order valence-electron chi connectivity index (χ1n) is 18.5. The summed E-state index contributed by atoms with van der Waals surface area (Å²) in [5.41, 5.74) is 12.3. The standard InChI is InChI=1S/C19H29N3O3S.C13H13NO.C6H16N2O2S/c1-13(11-22(2)3)12-26(24,25)21-19(23)20-18-16-8-4-6-14(16)10-15-7-5-9-17(15)18;15-8-14-13-11-5-1-3-9(11)7-10-4-2-6-12(10)13;1-6(4-8(2)3)5-11(7,9)10/h10,13H,4-9,11-12H2,1-3H3,(H2,20,21,23);7H,1-6H2;6H,4-5H2,1-3H3,(H2,7,9,10). The zero-order valence-corrected chi connectivity index (χ0v) is 33.4. The van der Waals surface area contributed by atoms with Crippen LogP contribution in [0.25, 0.3) is 0 Å². The second kappa shape index (κ2) is 18.3. The minimum Gasteiger partial charge on any atom is -0.309 e. The van der Waals surface area contributed by atoms with Crippen molar-refractivity contribution in [3.05, 3.63) is 56.6 Å². The zero-order valence-electron chi connectivity index (χ0n) is 31.8. The minimum atomic E-state index is -3.66. The van der Waals surface area contributed by atoms with Crippen LogP contribution >= 0.6 is 0 Å². The molecule has 2 aromatic rings. The number of hydrogen-bond acceptors (Lipinski definition) is 9. The molecule has 288 valence electrons. The number of benzene rings is 2. The van der Waals surface area contributed by atoms with Gasteiger partial charge in [0.25, 0.3) is 0 Å². The molecule has 0 aliphatic heterocycles. The Kier molecular flexibility index (Phi) is 14.6. The fourth-order valence-corrected chi connectivity index (χ4v) is 10.5. The maximum absolute atomic E-state index is 12.4. The maximum Gasteiger partial charge on any atom is 0.332 e. The first-order chi connectivity index (χ1) is 24.5. The van der Waals surface area contributed by atoms with Crippen molar-refractivity contribution < 1.29 is 26.4 Å². The third-order valence-electron chi connectivity index (χ3n) is 9.93. The number of amides is 2. The number of isocyanates is 1. The number of sulfonamides is 2. The molecule has 4 aliphatic rings. The smallest absolute Gasteiger partial charge is 0.309 e. The lowest BCUT2D eigenvalue weighted by atomic mass is 9.99. The van der Waals surface area contributed by atoms with Gasteiger partial charge in [0.1, 0.15) is 0 Å². The third-order valence-corrected chi connectivity index (χ3v) is 12.5. The number of primary sulfonamides is 1. The number of fused-ring (bicyclic) bond motifs is 4. The molecule has 0 heterocycles. The molecule has 2 amide bonds. The van der Waals surface area contributed by atoms with Gasteiger partial charge in [-0.2, -0.15) is 4.99 Å². The summed E-state index contributed by atoms with van der Waals surface area (Å²) >= 11 is 0. The van der Waals surface area contributed by atoms with E-state index in [2.05, 4.69) is 27.2 Å². The molecule has 0 fully saturated rings. The summed E-state index contributed by atoms with van der Waals surface area (Å²) in [4.78, 5) is 30.7. The molecule has 0 saturated carbocycles. The first-order valence-corrected chi connectivity index (χ1v) is 21.8. The molecule has 0 bridgehead atoms. The lowest BCUT2D eigenvalue weighted by Crippen LogP contribution is -2.39. The highest BCUT2D eigenvalue weighted by molar-refractivity contribution is 7.90. The fraction of sp³-hybridized carbons (Fsp3) is 0.632. The van der Waals surface area contributed by atoms with E-state index in [9.17, 15) is 26.4 Å². The molecule has 0 aromatic heterocycles. The number of aliphatic imine (C=N–C) groups is 1. The van der Waals surface area contributed by atoms with Crippen molar-refractivity contribution in [2.45, 2.75) is 90.9 Å². The quantitative estimate of drug-likeness (QED) is 0.223. The Balaban J connectivity index is 0.000000196. The van der Waals surface area contributed by atoms with E-state index in [-0.39, 0.29) is 23.3 Å². The summed E-state index contributed by atoms with van der Waals surface area (Å²) in [5, 5.41) is 7.74. The molecular formula is C38H58N6O6S2. The van der Waals surface area contributed by atoms with Crippen LogP contribution in [0.3, 0.4) is 0 Å². The van der Waals surface area contributed by atoms with Crippen LogP contribution in [0.5, 0.6) is 0 Å². The van der Waals surface area contributed by atoms with Gasteiger partial charge in [0, 0.05) is 18.8 Å². The summed E-state index contributed by atoms with van der Waals surface area (Å²) in [5.74, 6) is 0.0370. The van der Waals surface area contributed by atoms with Crippen molar-refractivity contribution in [1.82, 2.24) is 14.5 Å². The van der Waals surface area contributed by atoms with Crippen molar-refractivity contribution in [3.8, 4) is 0 Å². The average Bonchev–Trinajstić information content (AvgIpc) is 3.82. The number of aryl methyl sites for hydroxylation is 4. The highest BCUT2D eigenvalue weighted by atomic mass is 32.2. The van der Waals surface area contributed by atoms with Crippen molar-refractivity contribution >= 4 is 43.5 Å². The number of nitrogens with one attached hydrogen (secondary N) is 2. The monoisotopic (exact) mass is 758 g/mol. The van der Waals surface area contributed by atoms with E-state index in [0.717, 1.165) is 82.1 Å². The SMILES string of the molecule is CC(CN(C)C)CS(=O)(=O)NC(=O)Nc1c2c(cc3c1CCC3)CCC2.CC(CN(C)C)CS(N)(=O)=O.O=C=Nc1c2c(cc3c1CCC3)CCC2. The second-order valence-electron chi connectivity index (χ2n) is 15.5. The number of nitrogens with two attached hydrogens (primary N) is 1. The van der Waals surface area contributed by atoms with Gasteiger partial charge in [-0.15, -0.1) is 0 Å². The van der Waals surface area contributed by atoms with Crippen molar-refractivity contribution in [2.75, 3.05) is 58.1 Å². The summed E-state index contributed by atoms with van der Waals surface area (Å²) < 4.78 is 48.0. The van der Waals surface area contributed by atoms with Gasteiger partial charge in [0.15, 0.2) is 0 Å². The van der Waals surface area contributed by atoms with Crippen molar-refractivity contribution in [3.63, 3.8) is 0 Å². The largest absolute Gasteiger partial charge is 0.332 e. The molecular weight excluding hydrogens is 701 g/mol. The first kappa shape index (κ1) is 41.6. The number of nitrogens with zero attached hydrogens (tertiary/aromatic N) is 3. The summed E-state index contributed by atoms with van der Waals surface area (Å²) in [7, 11) is 0.652. The Morgan fingerprint density at radius 1 is 0.731 bits per heavy atom. The van der Waals surface area contributed by atoms with Gasteiger partial charge in [-0.1, -0.05) is 26.0 Å². The maximum atomic E-state index is 12.4. The zero-order chi connectivity index (χ0) is 38.2. The van der Waals surface area contributed by atoms with Crippen LogP contribution in [-0.4, -0.2) is 91.5 Å². The Morgan fingerprint density at radius 3 is 1.54 bits per heavy atom. The normalized spacial score (nSPS) is 16.7. The molecule has 0 spiro atoms. The number of hydrogen-bond donors (Lipinski definition) is 3. The predicted octanol–water partition coefficient (Wildman–Crippen LogP) is 4.42. The van der Waals surface area contributed by atoms with E-state index >= 15 is 0 Å². The van der Waals surface area contributed by atoms with E-state index < -0.39 is 26.1 Å². The van der Waals surface area contributed by atoms with Crippen LogP contribution in [0, 0.1) is 11.8 Å². The van der Waals surface area contributed by atoms with Crippen LogP contribution in [0.1, 0.15) is 84.0 Å². The molecule has 6 rings (SSSR count). The van der Waals surface area contributed by atoms with Gasteiger partial charge < -0.3 is 15.1 Å². The van der Waals surface area contributed by atoms with Crippen LogP contribution in [-0.2, 0) is 76.2 Å². The number of rotatable bonds is 11. The molecule has 12 nitrogen and oxygen atoms in total. The highest BCUT2D eigenvalue weighted by Gasteiger charge is 2.27. The predicted molar refractivity (Wildman–Crippen MR) is 208 cm³/mol. The minimum absolute atomic E-state index is 0.0551. The van der Waals surface area contributed by atoms with Gasteiger partial charge in [0.2, 0.25) is 26.1 Å². The Bertz CT molecular complexity index is 1810. The van der Waals surface area contributed by atoms with Gasteiger partial charge in [-0.3, -0.25) is 0 Å². The Morgan fingerprint density at radius 2 is 1.13 bits per heavy atom. The molecule has 2 aromatic carbocycles. The van der Waals surface area contributed by atoms with Crippen LogP contribution in [0.15, 0.2) is 17.1 Å². The van der Waals surface area contributed by atoms with E-state index in [1.807, 2.05) is 51.8 Å². The molecule has 14 heteroatoms. The lowest BCUT2D eigenvalue weighted by molar-refractivity contribution is 0.256. The van der Waals surface area contributed by atoms with Crippen LogP contribution in [0.4, 0.5) is 16.2 Å². The van der Waals surface area contributed by atoms with Gasteiger partial charge >= 0.3 is 6.03 Å². The Hall–Kier alpha value is -3.13. The second-order valence-corrected chi connectivity index (χ2v) is 19.0. The van der Waals surface area contributed by atoms with E-state index in [0.29, 0.717) is 6.54 Å². The van der Waals surface area contributed by atoms with Crippen LogP contribution in [0.2, 0.25) is 0 Å². The number of urea groups is 1. The molecule has 4 aliphatic carbocycles. The molecule has 2 atom stereocenters. The fourth-order valence-electron chi connectivity index (χ4n) is 8.38. The molecule has 4 N–H and O–H groups in total. The molecule has 0 saturated heterocycles. The topological polar surface area (TPSA) is 171 Å². The van der Waals surface area contributed by atoms with E-state index in [4.69, 9.17) is 5.14 Å². The van der Waals surface area contributed by atoms with Gasteiger partial charge in [-0.25, -0.2) is 36.3 Å².